The minimum Gasteiger partial charge on any atom is -0.354 e. The van der Waals surface area contributed by atoms with Crippen molar-refractivity contribution in [2.24, 2.45) is 0 Å². The highest BCUT2D eigenvalue weighted by atomic mass is 35.5. The molecular weight excluding hydrogens is 581 g/mol. The van der Waals surface area contributed by atoms with Gasteiger partial charge < -0.3 is 10.2 Å². The van der Waals surface area contributed by atoms with Crippen molar-refractivity contribution in [3.05, 3.63) is 99.5 Å². The van der Waals surface area contributed by atoms with Crippen molar-refractivity contribution in [3.8, 4) is 0 Å². The second-order valence-corrected chi connectivity index (χ2v) is 13.0. The van der Waals surface area contributed by atoms with Gasteiger partial charge in [0, 0.05) is 29.6 Å². The van der Waals surface area contributed by atoms with Gasteiger partial charge in [0.1, 0.15) is 12.6 Å². The molecule has 1 atom stereocenters. The number of hydrogen-bond donors (Lipinski definition) is 1. The third-order valence-corrected chi connectivity index (χ3v) is 8.43. The first kappa shape index (κ1) is 32.4. The zero-order valence-corrected chi connectivity index (χ0v) is 26.1. The number of benzene rings is 3. The number of amides is 2. The average Bonchev–Trinajstić information content (AvgIpc) is 2.93. The highest BCUT2D eigenvalue weighted by Crippen LogP contribution is 2.26. The normalized spacial score (nSPS) is 12.2. The Labute approximate surface area is 253 Å². The van der Waals surface area contributed by atoms with E-state index in [1.165, 1.54) is 4.90 Å². The van der Waals surface area contributed by atoms with Crippen molar-refractivity contribution in [1.29, 1.82) is 0 Å². The maximum absolute atomic E-state index is 14.1. The standard InChI is InChI=1S/C31H37Cl2N3O4S/c1-5-17-34-31(38)29(18-23-9-7-6-8-10-23)35(20-25-11-14-26(32)19-28(25)33)30(37)21-36(41(4,39)40)27-15-12-24(13-16-27)22(2)3/h6-16,19,22,29H,5,17-18,20-21H2,1-4H3,(H,34,38)/t29-/m1/s1. The lowest BCUT2D eigenvalue weighted by atomic mass is 10.0. The fourth-order valence-electron chi connectivity index (χ4n) is 4.39. The van der Waals surface area contributed by atoms with E-state index < -0.39 is 28.5 Å². The predicted molar refractivity (Wildman–Crippen MR) is 167 cm³/mol. The zero-order chi connectivity index (χ0) is 30.2. The van der Waals surface area contributed by atoms with Gasteiger partial charge in [-0.15, -0.1) is 0 Å². The van der Waals surface area contributed by atoms with E-state index in [9.17, 15) is 18.0 Å². The number of rotatable bonds is 13. The molecule has 0 fully saturated rings. The van der Waals surface area contributed by atoms with E-state index in [0.717, 1.165) is 28.1 Å². The van der Waals surface area contributed by atoms with Crippen LogP contribution < -0.4 is 9.62 Å². The van der Waals surface area contributed by atoms with Crippen molar-refractivity contribution in [3.63, 3.8) is 0 Å². The molecule has 0 radical (unpaired) electrons. The molecule has 0 aliphatic rings. The van der Waals surface area contributed by atoms with Gasteiger partial charge in [0.25, 0.3) is 0 Å². The Morgan fingerprint density at radius 2 is 1.61 bits per heavy atom. The Morgan fingerprint density at radius 1 is 0.951 bits per heavy atom. The first-order valence-corrected chi connectivity index (χ1v) is 16.1. The van der Waals surface area contributed by atoms with Crippen LogP contribution in [0.3, 0.4) is 0 Å². The van der Waals surface area contributed by atoms with Crippen molar-refractivity contribution in [2.45, 2.75) is 52.1 Å². The van der Waals surface area contributed by atoms with Gasteiger partial charge in [-0.05, 0) is 53.3 Å². The molecule has 41 heavy (non-hydrogen) atoms. The van der Waals surface area contributed by atoms with Crippen LogP contribution in [-0.4, -0.2) is 50.5 Å². The van der Waals surface area contributed by atoms with Crippen molar-refractivity contribution >= 4 is 50.7 Å². The summed E-state index contributed by atoms with van der Waals surface area (Å²) < 4.78 is 26.9. The van der Waals surface area contributed by atoms with Crippen molar-refractivity contribution in [2.75, 3.05) is 23.7 Å². The first-order chi connectivity index (χ1) is 19.4. The Bertz CT molecular complexity index is 1430. The molecule has 2 amide bonds. The number of hydrogen-bond acceptors (Lipinski definition) is 4. The predicted octanol–water partition coefficient (Wildman–Crippen LogP) is 6.05. The van der Waals surface area contributed by atoms with Gasteiger partial charge in [0.2, 0.25) is 21.8 Å². The molecule has 0 spiro atoms. The molecule has 0 bridgehead atoms. The maximum atomic E-state index is 14.1. The fraction of sp³-hybridized carbons (Fsp3) is 0.355. The third-order valence-electron chi connectivity index (χ3n) is 6.70. The molecule has 0 saturated heterocycles. The van der Waals surface area contributed by atoms with E-state index >= 15 is 0 Å². The van der Waals surface area contributed by atoms with Gasteiger partial charge in [-0.3, -0.25) is 13.9 Å². The van der Waals surface area contributed by atoms with Crippen LogP contribution in [0.2, 0.25) is 10.0 Å². The summed E-state index contributed by atoms with van der Waals surface area (Å²) in [5.74, 6) is -0.611. The van der Waals surface area contributed by atoms with Gasteiger partial charge in [-0.2, -0.15) is 0 Å². The summed E-state index contributed by atoms with van der Waals surface area (Å²) in [4.78, 5) is 29.1. The van der Waals surface area contributed by atoms with Crippen LogP contribution in [0.5, 0.6) is 0 Å². The smallest absolute Gasteiger partial charge is 0.244 e. The molecule has 3 rings (SSSR count). The Kier molecular flexibility index (Phi) is 11.6. The van der Waals surface area contributed by atoms with Crippen molar-refractivity contribution in [1.82, 2.24) is 10.2 Å². The quantitative estimate of drug-likeness (QED) is 0.253. The van der Waals surface area contributed by atoms with E-state index in [0.29, 0.717) is 27.8 Å². The zero-order valence-electron chi connectivity index (χ0n) is 23.8. The van der Waals surface area contributed by atoms with Crippen LogP contribution in [0.25, 0.3) is 0 Å². The SMILES string of the molecule is CCCNC(=O)[C@@H](Cc1ccccc1)N(Cc1ccc(Cl)cc1Cl)C(=O)CN(c1ccc(C(C)C)cc1)S(C)(=O)=O. The third kappa shape index (κ3) is 9.21. The molecule has 0 unspecified atom stereocenters. The van der Waals surface area contributed by atoms with Crippen LogP contribution >= 0.6 is 23.2 Å². The Morgan fingerprint density at radius 3 is 2.17 bits per heavy atom. The molecule has 0 aliphatic heterocycles. The van der Waals surface area contributed by atoms with E-state index in [-0.39, 0.29) is 24.8 Å². The molecule has 10 heteroatoms. The van der Waals surface area contributed by atoms with Crippen LogP contribution in [0.4, 0.5) is 5.69 Å². The van der Waals surface area contributed by atoms with Crippen LogP contribution in [0.15, 0.2) is 72.8 Å². The van der Waals surface area contributed by atoms with E-state index in [1.807, 2.05) is 63.2 Å². The summed E-state index contributed by atoms with van der Waals surface area (Å²) in [6, 6.07) is 20.5. The van der Waals surface area contributed by atoms with Gasteiger partial charge >= 0.3 is 0 Å². The number of nitrogens with one attached hydrogen (secondary N) is 1. The van der Waals surface area contributed by atoms with Gasteiger partial charge in [-0.1, -0.05) is 92.5 Å². The fourth-order valence-corrected chi connectivity index (χ4v) is 5.71. The number of carbonyl (C=O) groups is 2. The molecule has 0 saturated carbocycles. The molecule has 1 N–H and O–H groups in total. The molecule has 3 aromatic rings. The summed E-state index contributed by atoms with van der Waals surface area (Å²) in [5.41, 5.74) is 2.85. The lowest BCUT2D eigenvalue weighted by Gasteiger charge is -2.33. The largest absolute Gasteiger partial charge is 0.354 e. The van der Waals surface area contributed by atoms with Gasteiger partial charge in [0.05, 0.1) is 11.9 Å². The van der Waals surface area contributed by atoms with Gasteiger partial charge in [0.15, 0.2) is 0 Å². The molecule has 0 heterocycles. The average molecular weight is 619 g/mol. The Balaban J connectivity index is 2.06. The number of anilines is 1. The number of halogens is 2. The van der Waals surface area contributed by atoms with E-state index in [2.05, 4.69) is 5.32 Å². The van der Waals surface area contributed by atoms with Crippen molar-refractivity contribution < 1.29 is 18.0 Å². The second kappa shape index (κ2) is 14.7. The number of nitrogens with zero attached hydrogens (tertiary/aromatic N) is 2. The molecule has 7 nitrogen and oxygen atoms in total. The van der Waals surface area contributed by atoms with Crippen LogP contribution in [0, 0.1) is 0 Å². The van der Waals surface area contributed by atoms with Crippen LogP contribution in [-0.2, 0) is 32.6 Å². The molecule has 3 aromatic carbocycles. The van der Waals surface area contributed by atoms with E-state index in [1.54, 1.807) is 30.3 Å². The summed E-state index contributed by atoms with van der Waals surface area (Å²) >= 11 is 12.6. The highest BCUT2D eigenvalue weighted by molar-refractivity contribution is 7.92. The summed E-state index contributed by atoms with van der Waals surface area (Å²) in [6.07, 6.45) is 2.01. The molecule has 0 aliphatic carbocycles. The van der Waals surface area contributed by atoms with Crippen LogP contribution in [0.1, 0.15) is 49.8 Å². The van der Waals surface area contributed by atoms with Gasteiger partial charge in [-0.25, -0.2) is 8.42 Å². The summed E-state index contributed by atoms with van der Waals surface area (Å²) in [7, 11) is -3.84. The summed E-state index contributed by atoms with van der Waals surface area (Å²) in [6.45, 7) is 5.96. The Hall–Kier alpha value is -3.07. The lowest BCUT2D eigenvalue weighted by Crippen LogP contribution is -2.53. The molecule has 0 aromatic heterocycles. The lowest BCUT2D eigenvalue weighted by molar-refractivity contribution is -0.140. The monoisotopic (exact) mass is 617 g/mol. The minimum atomic E-state index is -3.84. The number of carbonyl (C=O) groups excluding carboxylic acids is 2. The molecule has 220 valence electrons. The maximum Gasteiger partial charge on any atom is 0.244 e. The topological polar surface area (TPSA) is 86.8 Å². The first-order valence-electron chi connectivity index (χ1n) is 13.5. The highest BCUT2D eigenvalue weighted by Gasteiger charge is 2.33. The van der Waals surface area contributed by atoms with E-state index in [4.69, 9.17) is 23.2 Å². The second-order valence-electron chi connectivity index (χ2n) is 10.3. The minimum absolute atomic E-state index is 0.0181. The molecular formula is C31H37Cl2N3O4S. The number of sulfonamides is 1. The summed E-state index contributed by atoms with van der Waals surface area (Å²) in [5, 5.41) is 3.69.